The first-order chi connectivity index (χ1) is 8.05. The zero-order chi connectivity index (χ0) is 10.8. The van der Waals surface area contributed by atoms with Crippen molar-refractivity contribution in [3.05, 3.63) is 0 Å². The fourth-order valence-electron chi connectivity index (χ4n) is 17.6. The Morgan fingerprint density at radius 2 is 1.06 bits per heavy atom. The van der Waals surface area contributed by atoms with Crippen molar-refractivity contribution in [1.82, 2.24) is 0 Å². The second-order valence-electron chi connectivity index (χ2n) is 10.8. The second-order valence-corrected chi connectivity index (χ2v) is 31.8. The van der Waals surface area contributed by atoms with E-state index >= 15 is 0 Å². The van der Waals surface area contributed by atoms with Crippen LogP contribution < -0.4 is 0 Å². The molecule has 0 saturated carbocycles. The second kappa shape index (κ2) is 0.542. The van der Waals surface area contributed by atoms with Gasteiger partial charge in [-0.15, -0.1) is 0 Å². The molecule has 0 radical (unpaired) electrons. The van der Waals surface area contributed by atoms with Crippen molar-refractivity contribution < 1.29 is 6.23 Å². The Bertz CT molecular complexity index is 880. The predicted octanol–water partition coefficient (Wildman–Crippen LogP) is 5.72. The normalized spacial score (nSPS) is 124. The van der Waals surface area contributed by atoms with Crippen LogP contribution in [0.5, 0.6) is 0 Å². The standard InChI is InChI=1S/2C8H11.Ni/c2*1-2-5-8-6-3-4-7-8;/h2*3-4,6-7H,2,5H2,1H3;. The number of fused-ring (bicyclic) bond motifs is 10. The number of hydrogen-bond acceptors (Lipinski definition) is 0. The van der Waals surface area contributed by atoms with Crippen LogP contribution in [0, 0.1) is 0 Å². The maximum atomic E-state index is 2.50. The van der Waals surface area contributed by atoms with Crippen LogP contribution in [0.3, 0.4) is 0 Å². The van der Waals surface area contributed by atoms with Gasteiger partial charge in [0.05, 0.1) is 0 Å². The molecule has 0 nitrogen and oxygen atoms in total. The fraction of sp³-hybridized carbons (Fsp3) is 1.00. The Kier molecular flexibility index (Phi) is 0.216. The van der Waals surface area contributed by atoms with E-state index in [2.05, 4.69) is 13.8 Å². The van der Waals surface area contributed by atoms with Gasteiger partial charge in [0, 0.05) is 0 Å². The van der Waals surface area contributed by atoms with Gasteiger partial charge in [-0.25, -0.2) is 0 Å². The van der Waals surface area contributed by atoms with E-state index in [0.29, 0.717) is 0 Å². The van der Waals surface area contributed by atoms with Crippen LogP contribution in [0.15, 0.2) is 0 Å². The van der Waals surface area contributed by atoms with E-state index in [9.17, 15) is 0 Å². The molecule has 0 aromatic rings. The van der Waals surface area contributed by atoms with Crippen molar-refractivity contribution in [2.75, 3.05) is 0 Å². The van der Waals surface area contributed by atoms with Gasteiger partial charge in [0.2, 0.25) is 0 Å². The Morgan fingerprint density at radius 3 is 1.29 bits per heavy atom. The topological polar surface area (TPSA) is 0 Å². The third kappa shape index (κ3) is 0.0630. The molecule has 10 rings (SSSR count). The SMILES string of the molecule is CCC[C]12[CH]3[CH]4[CH]5[CH]1[Ni]45321678[CH]2[CH]1[CH]6[C]7(CCC)[CH]28. The predicted molar refractivity (Wildman–Crippen MR) is 65.2 cm³/mol. The van der Waals surface area contributed by atoms with Crippen molar-refractivity contribution in [3.63, 3.8) is 0 Å². The fourth-order valence-corrected chi connectivity index (χ4v) is 85.3. The van der Waals surface area contributed by atoms with Gasteiger partial charge < -0.3 is 0 Å². The van der Waals surface area contributed by atoms with Gasteiger partial charge in [0.25, 0.3) is 0 Å². The molecular formula is C16H22Ni. The van der Waals surface area contributed by atoms with E-state index in [4.69, 9.17) is 0 Å². The molecule has 1 heteroatoms. The van der Waals surface area contributed by atoms with Crippen LogP contribution in [-0.2, 0) is 6.23 Å². The summed E-state index contributed by atoms with van der Waals surface area (Å²) in [6.07, 6.45) is 3.96. The third-order valence-electron chi connectivity index (χ3n) is 15.2. The molecule has 0 aliphatic carbocycles. The molecule has 17 heavy (non-hydrogen) atoms. The molecule has 0 bridgehead atoms. The van der Waals surface area contributed by atoms with Crippen molar-refractivity contribution >= 4 is 0 Å². The molecule has 10 heterocycles. The minimum atomic E-state index is -2.60. The summed E-state index contributed by atoms with van der Waals surface area (Å²) >= 11 is 0. The molecule has 1 spiro atoms. The molecule has 10 fully saturated rings. The minimum absolute atomic E-state index is 1.19. The first-order valence-electron chi connectivity index (χ1n) is 8.05. The van der Waals surface area contributed by atoms with E-state index in [0.717, 1.165) is 0 Å². The van der Waals surface area contributed by atoms with Crippen molar-refractivity contribution in [1.29, 1.82) is 0 Å². The summed E-state index contributed by atoms with van der Waals surface area (Å²) < 4.78 is 2.39. The summed E-state index contributed by atoms with van der Waals surface area (Å²) in [6.45, 7) is 4.99. The van der Waals surface area contributed by atoms with Gasteiger partial charge in [0.1, 0.15) is 0 Å². The summed E-state index contributed by atoms with van der Waals surface area (Å²) in [5.41, 5.74) is 0. The van der Waals surface area contributed by atoms with E-state index in [1.54, 1.807) is 12.8 Å². The molecule has 8 unspecified atom stereocenters. The van der Waals surface area contributed by atoms with Crippen LogP contribution in [0.2, 0.25) is 47.9 Å². The van der Waals surface area contributed by atoms with E-state index in [1.807, 2.05) is 0 Å². The van der Waals surface area contributed by atoms with E-state index in [1.165, 1.54) is 60.7 Å². The van der Waals surface area contributed by atoms with Crippen molar-refractivity contribution in [2.45, 2.75) is 87.4 Å². The van der Waals surface area contributed by atoms with Gasteiger partial charge in [-0.1, -0.05) is 0 Å². The average molecular weight is 273 g/mol. The van der Waals surface area contributed by atoms with Crippen LogP contribution in [0.25, 0.3) is 0 Å². The van der Waals surface area contributed by atoms with Crippen molar-refractivity contribution in [2.24, 2.45) is 0 Å². The molecule has 10 aliphatic heterocycles. The summed E-state index contributed by atoms with van der Waals surface area (Å²) in [6, 6.07) is 0. The maximum absolute atomic E-state index is 2.60. The molecule has 10 aliphatic rings. The summed E-state index contributed by atoms with van der Waals surface area (Å²) in [5.74, 6) is 0. The van der Waals surface area contributed by atoms with Gasteiger partial charge in [-0.3, -0.25) is 0 Å². The van der Waals surface area contributed by atoms with Gasteiger partial charge in [0.15, 0.2) is 0 Å². The van der Waals surface area contributed by atoms with Crippen LogP contribution >= 0.6 is 0 Å². The summed E-state index contributed by atoms with van der Waals surface area (Å²) in [5, 5.41) is 0. The van der Waals surface area contributed by atoms with Crippen molar-refractivity contribution in [3.8, 4) is 0 Å². The van der Waals surface area contributed by atoms with E-state index < -0.39 is 6.23 Å². The zero-order valence-corrected chi connectivity index (χ0v) is 11.8. The van der Waals surface area contributed by atoms with E-state index in [-0.39, 0.29) is 0 Å². The van der Waals surface area contributed by atoms with Crippen LogP contribution in [0.1, 0.15) is 39.5 Å². The molecule has 8 atom stereocenters. The molecule has 0 aromatic heterocycles. The Balaban J connectivity index is 1.61. The third-order valence-corrected chi connectivity index (χ3v) is 54.7. The molecular weight excluding hydrogens is 251 g/mol. The molecule has 0 N–H and O–H groups in total. The monoisotopic (exact) mass is 272 g/mol. The van der Waals surface area contributed by atoms with Crippen LogP contribution in [-0.4, -0.2) is 0 Å². The Morgan fingerprint density at radius 1 is 0.706 bits per heavy atom. The molecule has 0 amide bonds. The first kappa shape index (κ1) is 6.78. The molecule has 10 saturated heterocycles. The Hall–Kier alpha value is 0.494. The molecule has 0 aromatic carbocycles. The quantitative estimate of drug-likeness (QED) is 0.575. The number of hydrogen-bond donors (Lipinski definition) is 0. The average Bonchev–Trinajstić information content (AvgIpc) is 3.24. The first-order valence-corrected chi connectivity index (χ1v) is 13.6. The molecule has 96 valence electrons. The van der Waals surface area contributed by atoms with Gasteiger partial charge >= 0.3 is 93.6 Å². The van der Waals surface area contributed by atoms with Crippen LogP contribution in [0.4, 0.5) is 0 Å². The van der Waals surface area contributed by atoms with Gasteiger partial charge in [-0.2, -0.15) is 0 Å². The summed E-state index contributed by atoms with van der Waals surface area (Å²) in [4.78, 5) is 12.2. The summed E-state index contributed by atoms with van der Waals surface area (Å²) in [7, 11) is 0. The number of rotatable bonds is 4. The van der Waals surface area contributed by atoms with Gasteiger partial charge in [-0.05, 0) is 0 Å². The zero-order valence-electron chi connectivity index (χ0n) is 10.8. The Labute approximate surface area is 93.7 Å².